The van der Waals surface area contributed by atoms with Crippen LogP contribution in [0.1, 0.15) is 27.7 Å². The number of nitrogens with zero attached hydrogens (tertiary/aromatic N) is 4. The number of hydrogen-bond acceptors (Lipinski definition) is 3. The van der Waals surface area contributed by atoms with Crippen molar-refractivity contribution in [3.63, 3.8) is 0 Å². The van der Waals surface area contributed by atoms with Crippen LogP contribution in [0.2, 0.25) is 0 Å². The Morgan fingerprint density at radius 2 is 1.94 bits per heavy atom. The van der Waals surface area contributed by atoms with Gasteiger partial charge in [-0.15, -0.1) is 5.10 Å². The molecule has 0 saturated heterocycles. The first-order valence-corrected chi connectivity index (χ1v) is 5.62. The van der Waals surface area contributed by atoms with Gasteiger partial charge < -0.3 is 0 Å². The van der Waals surface area contributed by atoms with E-state index in [9.17, 15) is 0 Å². The lowest BCUT2D eigenvalue weighted by atomic mass is 10.1. The van der Waals surface area contributed by atoms with Crippen LogP contribution in [0.5, 0.6) is 0 Å². The predicted octanol–water partition coefficient (Wildman–Crippen LogP) is 2.19. The van der Waals surface area contributed by atoms with E-state index in [1.54, 1.807) is 0 Å². The second-order valence-corrected chi connectivity index (χ2v) is 4.85. The molecule has 0 aliphatic carbocycles. The molecule has 16 heavy (non-hydrogen) atoms. The first-order chi connectivity index (χ1) is 7.54. The third-order valence-electron chi connectivity index (χ3n) is 2.64. The first-order valence-electron chi connectivity index (χ1n) is 5.62. The maximum absolute atomic E-state index is 4.23. The largest absolute Gasteiger partial charge is 0.290 e. The summed E-state index contributed by atoms with van der Waals surface area (Å²) < 4.78 is 0. The molecule has 0 amide bonds. The lowest BCUT2D eigenvalue weighted by Crippen LogP contribution is -2.49. The van der Waals surface area contributed by atoms with Crippen LogP contribution >= 0.6 is 0 Å². The normalized spacial score (nSPS) is 12.0. The van der Waals surface area contributed by atoms with Crippen LogP contribution < -0.4 is 5.01 Å². The summed E-state index contributed by atoms with van der Waals surface area (Å²) in [6.45, 7) is 9.55. The molecular weight excluding hydrogens is 200 g/mol. The van der Waals surface area contributed by atoms with Gasteiger partial charge in [-0.2, -0.15) is 4.79 Å². The number of rotatable bonds is 2. The summed E-state index contributed by atoms with van der Waals surface area (Å²) in [7, 11) is 0. The molecule has 1 heterocycles. The summed E-state index contributed by atoms with van der Waals surface area (Å²) in [6.07, 6.45) is 0. The lowest BCUT2D eigenvalue weighted by molar-refractivity contribution is 0.382. The molecule has 4 nitrogen and oxygen atoms in total. The number of hydrogen-bond donors (Lipinski definition) is 0. The highest BCUT2D eigenvalue weighted by Crippen LogP contribution is 2.16. The maximum Gasteiger partial charge on any atom is 0.115 e. The Morgan fingerprint density at radius 1 is 1.25 bits per heavy atom. The Kier molecular flexibility index (Phi) is 2.58. The van der Waals surface area contributed by atoms with Gasteiger partial charge in [0.15, 0.2) is 0 Å². The van der Waals surface area contributed by atoms with Crippen LogP contribution in [0.3, 0.4) is 0 Å². The van der Waals surface area contributed by atoms with Crippen molar-refractivity contribution in [1.82, 2.24) is 15.1 Å². The van der Waals surface area contributed by atoms with Gasteiger partial charge in [0, 0.05) is 12.1 Å². The molecule has 86 valence electrons. The summed E-state index contributed by atoms with van der Waals surface area (Å²) in [4.78, 5) is 1.90. The van der Waals surface area contributed by atoms with Gasteiger partial charge in [-0.25, -0.2) is 0 Å². The quantitative estimate of drug-likeness (QED) is 0.774. The van der Waals surface area contributed by atoms with Crippen molar-refractivity contribution in [3.05, 3.63) is 24.3 Å². The van der Waals surface area contributed by atoms with Crippen LogP contribution in [0.25, 0.3) is 11.0 Å². The highest BCUT2D eigenvalue weighted by molar-refractivity contribution is 5.74. The second-order valence-electron chi connectivity index (χ2n) is 4.85. The van der Waals surface area contributed by atoms with E-state index in [1.807, 2.05) is 29.1 Å². The van der Waals surface area contributed by atoms with Crippen molar-refractivity contribution in [1.29, 1.82) is 0 Å². The fourth-order valence-electron chi connectivity index (χ4n) is 1.93. The molecule has 2 rings (SSSR count). The van der Waals surface area contributed by atoms with Crippen molar-refractivity contribution in [2.24, 2.45) is 0 Å². The minimum atomic E-state index is 0.0330. The molecule has 1 aromatic heterocycles. The Bertz CT molecular complexity index is 481. The standard InChI is InChI=1S/C12H18N4/c1-5-15(12(2,3)4)16-11-9-7-6-8-10(11)13-14-16/h6-9H,5H2,1-4H3. The molecule has 0 aliphatic rings. The monoisotopic (exact) mass is 218 g/mol. The van der Waals surface area contributed by atoms with Gasteiger partial charge in [0.2, 0.25) is 0 Å². The summed E-state index contributed by atoms with van der Waals surface area (Å²) in [6, 6.07) is 8.02. The molecule has 0 fully saturated rings. The van der Waals surface area contributed by atoms with E-state index in [1.165, 1.54) is 0 Å². The van der Waals surface area contributed by atoms with Crippen LogP contribution in [-0.4, -0.2) is 27.2 Å². The molecular formula is C12H18N4. The molecule has 0 saturated carbocycles. The van der Waals surface area contributed by atoms with Crippen molar-refractivity contribution >= 4 is 11.0 Å². The van der Waals surface area contributed by atoms with Crippen molar-refractivity contribution in [3.8, 4) is 0 Å². The summed E-state index contributed by atoms with van der Waals surface area (Å²) >= 11 is 0. The Hall–Kier alpha value is -1.58. The number of para-hydroxylation sites is 1. The third kappa shape index (κ3) is 1.75. The van der Waals surface area contributed by atoms with Gasteiger partial charge in [-0.3, -0.25) is 5.01 Å². The van der Waals surface area contributed by atoms with Crippen LogP contribution in [0.4, 0.5) is 0 Å². The Balaban J connectivity index is 2.54. The zero-order valence-electron chi connectivity index (χ0n) is 10.3. The van der Waals surface area contributed by atoms with Gasteiger partial charge in [0.1, 0.15) is 11.0 Å². The molecule has 0 N–H and O–H groups in total. The molecule has 4 heteroatoms. The molecule has 0 spiro atoms. The van der Waals surface area contributed by atoms with E-state index in [4.69, 9.17) is 0 Å². The van der Waals surface area contributed by atoms with E-state index < -0.39 is 0 Å². The van der Waals surface area contributed by atoms with E-state index in [2.05, 4.69) is 43.0 Å². The predicted molar refractivity (Wildman–Crippen MR) is 66.0 cm³/mol. The number of aromatic nitrogens is 3. The molecule has 0 radical (unpaired) electrons. The summed E-state index contributed by atoms with van der Waals surface area (Å²) in [5.74, 6) is 0. The van der Waals surface area contributed by atoms with Gasteiger partial charge in [0.25, 0.3) is 0 Å². The maximum atomic E-state index is 4.23. The molecule has 2 aromatic rings. The van der Waals surface area contributed by atoms with Crippen LogP contribution in [0.15, 0.2) is 24.3 Å². The fraction of sp³-hybridized carbons (Fsp3) is 0.500. The topological polar surface area (TPSA) is 34.0 Å². The average molecular weight is 218 g/mol. The number of benzene rings is 1. The van der Waals surface area contributed by atoms with Gasteiger partial charge in [-0.05, 0) is 45.0 Å². The SMILES string of the molecule is CCN(n1nnc2ccccc21)C(C)(C)C. The van der Waals surface area contributed by atoms with Crippen molar-refractivity contribution in [2.75, 3.05) is 11.6 Å². The van der Waals surface area contributed by atoms with Gasteiger partial charge >= 0.3 is 0 Å². The molecule has 0 unspecified atom stereocenters. The van der Waals surface area contributed by atoms with Crippen LogP contribution in [-0.2, 0) is 0 Å². The zero-order valence-corrected chi connectivity index (χ0v) is 10.3. The summed E-state index contributed by atoms with van der Waals surface area (Å²) in [5.41, 5.74) is 2.02. The molecule has 0 aliphatic heterocycles. The minimum Gasteiger partial charge on any atom is -0.290 e. The van der Waals surface area contributed by atoms with E-state index in [0.717, 1.165) is 17.6 Å². The third-order valence-corrected chi connectivity index (χ3v) is 2.64. The minimum absolute atomic E-state index is 0.0330. The summed E-state index contributed by atoms with van der Waals surface area (Å²) in [5, 5.41) is 10.6. The molecule has 0 bridgehead atoms. The Morgan fingerprint density at radius 3 is 2.56 bits per heavy atom. The fourth-order valence-corrected chi connectivity index (χ4v) is 1.93. The van der Waals surface area contributed by atoms with E-state index >= 15 is 0 Å². The first kappa shape index (κ1) is 10.9. The number of fused-ring (bicyclic) bond motifs is 1. The molecule has 1 aromatic carbocycles. The highest BCUT2D eigenvalue weighted by Gasteiger charge is 2.22. The smallest absolute Gasteiger partial charge is 0.115 e. The zero-order chi connectivity index (χ0) is 11.8. The van der Waals surface area contributed by atoms with Crippen LogP contribution in [0, 0.1) is 0 Å². The average Bonchev–Trinajstić information content (AvgIpc) is 2.61. The second kappa shape index (κ2) is 3.77. The van der Waals surface area contributed by atoms with Gasteiger partial charge in [-0.1, -0.05) is 12.1 Å². The van der Waals surface area contributed by atoms with Crippen molar-refractivity contribution in [2.45, 2.75) is 33.2 Å². The van der Waals surface area contributed by atoms with Crippen molar-refractivity contribution < 1.29 is 0 Å². The Labute approximate surface area is 95.8 Å². The highest BCUT2D eigenvalue weighted by atomic mass is 15.7. The van der Waals surface area contributed by atoms with E-state index in [-0.39, 0.29) is 5.54 Å². The van der Waals surface area contributed by atoms with E-state index in [0.29, 0.717) is 0 Å². The van der Waals surface area contributed by atoms with Gasteiger partial charge in [0.05, 0.1) is 0 Å². The lowest BCUT2D eigenvalue weighted by Gasteiger charge is -2.35. The molecule has 0 atom stereocenters.